The molecule has 0 unspecified atom stereocenters. The highest BCUT2D eigenvalue weighted by Crippen LogP contribution is 2.37. The van der Waals surface area contributed by atoms with Gasteiger partial charge in [0.25, 0.3) is 0 Å². The maximum Gasteiger partial charge on any atom is 0.179 e. The summed E-state index contributed by atoms with van der Waals surface area (Å²) in [5.41, 5.74) is 23.5. The quantitative estimate of drug-likeness (QED) is 0.115. The van der Waals surface area contributed by atoms with E-state index in [1.165, 1.54) is 21.8 Å². The molecule has 12 aromatic carbocycles. The Morgan fingerprint density at radius 3 is 1.00 bits per heavy atom. The molecule has 12 heteroatoms. The third kappa shape index (κ3) is 12.7. The smallest absolute Gasteiger partial charge is 0.179 e. The topological polar surface area (TPSA) is 147 Å². The van der Waals surface area contributed by atoms with Crippen molar-refractivity contribution in [2.75, 3.05) is 0 Å². The second kappa shape index (κ2) is 27.5. The molecule has 8 aromatic heterocycles. The van der Waals surface area contributed by atoms with Crippen LogP contribution in [-0.4, -0.2) is 59.4 Å². The molecule has 0 bridgehead atoms. The van der Waals surface area contributed by atoms with E-state index < -0.39 is 0 Å². The Kier molecular flexibility index (Phi) is 16.3. The van der Waals surface area contributed by atoms with Crippen molar-refractivity contribution in [1.29, 1.82) is 0 Å². The minimum atomic E-state index is 0.600. The number of benzene rings is 12. The summed E-state index contributed by atoms with van der Waals surface area (Å²) in [5.74, 6) is 3.04. The molecule has 0 fully saturated rings. The van der Waals surface area contributed by atoms with Crippen LogP contribution in [0, 0.1) is 0 Å². The van der Waals surface area contributed by atoms with Crippen LogP contribution < -0.4 is 0 Å². The van der Waals surface area contributed by atoms with Gasteiger partial charge in [-0.1, -0.05) is 243 Å². The second-order valence-electron chi connectivity index (χ2n) is 26.2. The second-order valence-corrected chi connectivity index (χ2v) is 26.2. The first-order valence-corrected chi connectivity index (χ1v) is 35.4. The summed E-state index contributed by atoms with van der Waals surface area (Å²) in [4.78, 5) is 53.6. The van der Waals surface area contributed by atoms with Crippen LogP contribution in [0.5, 0.6) is 0 Å². The molecule has 0 atom stereocenters. The predicted octanol–water partition coefficient (Wildman–Crippen LogP) is 22.8. The Bertz CT molecular complexity index is 6610. The van der Waals surface area contributed by atoms with E-state index in [-0.39, 0.29) is 0 Å². The minimum Gasteiger partial charge on any atom is -0.309 e. The molecular formula is C95H60N12. The zero-order valence-electron chi connectivity index (χ0n) is 57.5. The highest BCUT2D eigenvalue weighted by atomic mass is 15.0. The lowest BCUT2D eigenvalue weighted by Gasteiger charge is -2.11. The lowest BCUT2D eigenvalue weighted by atomic mass is 10.0. The molecule has 0 amide bonds. The fourth-order valence-electron chi connectivity index (χ4n) is 14.0. The average Bonchev–Trinajstić information content (AvgIpc) is 1.62. The highest BCUT2D eigenvalue weighted by molar-refractivity contribution is 6.09. The Balaban J connectivity index is 0.000000156. The van der Waals surface area contributed by atoms with Gasteiger partial charge in [0, 0.05) is 89.3 Å². The molecule has 0 N–H and O–H groups in total. The maximum atomic E-state index is 5.08. The zero-order chi connectivity index (χ0) is 71.0. The summed E-state index contributed by atoms with van der Waals surface area (Å²) in [6, 6.07) is 121. The zero-order valence-corrected chi connectivity index (χ0v) is 57.5. The van der Waals surface area contributed by atoms with Gasteiger partial charge in [-0.25, -0.2) is 54.8 Å². The molecular weight excluding hydrogens is 1310 g/mol. The van der Waals surface area contributed by atoms with Crippen molar-refractivity contribution in [3.05, 3.63) is 364 Å². The third-order valence-electron chi connectivity index (χ3n) is 19.5. The standard InChI is InChI=1S/C55H34N8.C40H26N4/c1-2-9-37(10-3-1)52-60-53(62-54(61-52)39-21-26-43(27-22-39)63-50-13-6-4-11-44(50)45-12-5-7-14-51(45)63)38-18-15-35(16-19-38)46-29-25-42-33-40(24-28-47(42)58-46)41-20-17-36-23-30-48(59-49(36)34-41)55-56-31-8-32-57-55;1-4-10-27(11-5-1)34-22-20-33-24-31(19-21-35(33)41-34)32-17-16-30-18-23-36(42-37(30)25-32)40-43-38(28-12-6-2-7-13-28)26-39(44-40)29-14-8-3-9-15-29/h1-34H;1-26H. The molecule has 0 saturated carbocycles. The first kappa shape index (κ1) is 63.2. The summed E-state index contributed by atoms with van der Waals surface area (Å²) in [6.45, 7) is 0. The minimum absolute atomic E-state index is 0.600. The molecule has 0 aliphatic rings. The molecule has 20 aromatic rings. The van der Waals surface area contributed by atoms with Crippen molar-refractivity contribution >= 4 is 65.4 Å². The van der Waals surface area contributed by atoms with E-state index >= 15 is 0 Å². The van der Waals surface area contributed by atoms with Crippen LogP contribution in [0.1, 0.15) is 0 Å². The van der Waals surface area contributed by atoms with Crippen LogP contribution in [0.25, 0.3) is 196 Å². The van der Waals surface area contributed by atoms with Crippen molar-refractivity contribution < 1.29 is 0 Å². The van der Waals surface area contributed by atoms with Crippen molar-refractivity contribution in [3.63, 3.8) is 0 Å². The molecule has 12 nitrogen and oxygen atoms in total. The van der Waals surface area contributed by atoms with E-state index in [1.54, 1.807) is 18.5 Å². The largest absolute Gasteiger partial charge is 0.309 e. The van der Waals surface area contributed by atoms with Crippen molar-refractivity contribution in [1.82, 2.24) is 59.4 Å². The van der Waals surface area contributed by atoms with Crippen LogP contribution in [0.2, 0.25) is 0 Å². The molecule has 0 spiro atoms. The van der Waals surface area contributed by atoms with Crippen LogP contribution in [0.15, 0.2) is 364 Å². The summed E-state index contributed by atoms with van der Waals surface area (Å²) < 4.78 is 2.31. The number of para-hydroxylation sites is 2. The van der Waals surface area contributed by atoms with Gasteiger partial charge in [-0.15, -0.1) is 0 Å². The van der Waals surface area contributed by atoms with Crippen LogP contribution in [0.4, 0.5) is 0 Å². The average molecular weight is 1370 g/mol. The van der Waals surface area contributed by atoms with Gasteiger partial charge in [-0.3, -0.25) is 0 Å². The van der Waals surface area contributed by atoms with Crippen molar-refractivity contribution in [2.24, 2.45) is 0 Å². The molecule has 0 saturated heterocycles. The monoisotopic (exact) mass is 1370 g/mol. The fraction of sp³-hybridized carbons (Fsp3) is 0. The van der Waals surface area contributed by atoms with E-state index in [9.17, 15) is 0 Å². The Morgan fingerprint density at radius 1 is 0.178 bits per heavy atom. The summed E-state index contributed by atoms with van der Waals surface area (Å²) in [7, 11) is 0. The Morgan fingerprint density at radius 2 is 0.514 bits per heavy atom. The van der Waals surface area contributed by atoms with Gasteiger partial charge < -0.3 is 4.57 Å². The normalized spacial score (nSPS) is 11.4. The number of hydrogen-bond donors (Lipinski definition) is 0. The van der Waals surface area contributed by atoms with Gasteiger partial charge in [0.2, 0.25) is 0 Å². The maximum absolute atomic E-state index is 5.08. The van der Waals surface area contributed by atoms with Gasteiger partial charge in [-0.2, -0.15) is 0 Å². The summed E-state index contributed by atoms with van der Waals surface area (Å²) >= 11 is 0. The first-order valence-electron chi connectivity index (χ1n) is 35.4. The molecule has 0 aliphatic heterocycles. The van der Waals surface area contributed by atoms with Gasteiger partial charge >= 0.3 is 0 Å². The SMILES string of the molecule is c1ccc(-c2cc(-c3ccccc3)nc(-c3ccc4ccc(-c5ccc6nc(-c7ccccc7)ccc6c5)cc4n3)n2)cc1.c1ccc(-c2nc(-c3ccc(-c4ccc5cc(-c6ccc7ccc(-c8ncccn8)nc7c6)ccc5n4)cc3)nc(-c3ccc(-n4c5ccccc5c5ccccc54)cc3)n2)cc1. The predicted molar refractivity (Wildman–Crippen MR) is 433 cm³/mol. The molecule has 8 heterocycles. The summed E-state index contributed by atoms with van der Waals surface area (Å²) in [6.07, 6.45) is 3.47. The van der Waals surface area contributed by atoms with Crippen LogP contribution >= 0.6 is 0 Å². The van der Waals surface area contributed by atoms with Gasteiger partial charge in [0.05, 0.1) is 55.9 Å². The van der Waals surface area contributed by atoms with Crippen LogP contribution in [0.3, 0.4) is 0 Å². The number of pyridine rings is 4. The lowest BCUT2D eigenvalue weighted by molar-refractivity contribution is 1.07. The van der Waals surface area contributed by atoms with E-state index in [0.29, 0.717) is 29.1 Å². The third-order valence-corrected chi connectivity index (χ3v) is 19.5. The van der Waals surface area contributed by atoms with Crippen LogP contribution in [-0.2, 0) is 0 Å². The molecule has 0 radical (unpaired) electrons. The van der Waals surface area contributed by atoms with Gasteiger partial charge in [-0.05, 0) is 131 Å². The molecule has 500 valence electrons. The number of aromatic nitrogens is 12. The van der Waals surface area contributed by atoms with Crippen molar-refractivity contribution in [2.45, 2.75) is 0 Å². The number of fused-ring (bicyclic) bond motifs is 7. The number of nitrogens with zero attached hydrogens (tertiary/aromatic N) is 12. The molecule has 20 rings (SSSR count). The van der Waals surface area contributed by atoms with E-state index in [0.717, 1.165) is 145 Å². The highest BCUT2D eigenvalue weighted by Gasteiger charge is 2.18. The first-order chi connectivity index (χ1) is 52.9. The van der Waals surface area contributed by atoms with E-state index in [1.807, 2.05) is 103 Å². The lowest BCUT2D eigenvalue weighted by Crippen LogP contribution is -2.00. The molecule has 0 aliphatic carbocycles. The number of hydrogen-bond acceptors (Lipinski definition) is 11. The number of rotatable bonds is 12. The Hall–Kier alpha value is -14.8. The van der Waals surface area contributed by atoms with Crippen molar-refractivity contribution in [3.8, 4) is 130 Å². The summed E-state index contributed by atoms with van der Waals surface area (Å²) in [5, 5.41) is 6.74. The van der Waals surface area contributed by atoms with E-state index in [4.69, 9.17) is 44.9 Å². The van der Waals surface area contributed by atoms with Gasteiger partial charge in [0.15, 0.2) is 29.1 Å². The fourth-order valence-corrected chi connectivity index (χ4v) is 14.0. The molecule has 107 heavy (non-hydrogen) atoms. The van der Waals surface area contributed by atoms with E-state index in [2.05, 4.69) is 257 Å². The Labute approximate surface area is 615 Å². The van der Waals surface area contributed by atoms with Gasteiger partial charge in [0.1, 0.15) is 11.4 Å².